The molecule has 1 fully saturated rings. The van der Waals surface area contributed by atoms with Gasteiger partial charge < -0.3 is 10.1 Å². The Morgan fingerprint density at radius 2 is 2.32 bits per heavy atom. The molecule has 1 aromatic rings. The Kier molecular flexibility index (Phi) is 5.40. The lowest BCUT2D eigenvalue weighted by atomic mass is 10.1. The SMILES string of the molecule is Cc1cc(C(=O)NC(=S)NCC2CCCO2)ccc1[N+](=O)[O-]. The summed E-state index contributed by atoms with van der Waals surface area (Å²) in [6.45, 7) is 2.90. The number of rotatable bonds is 4. The number of carbonyl (C=O) groups excluding carboxylic acids is 1. The summed E-state index contributed by atoms with van der Waals surface area (Å²) in [5, 5.41) is 16.5. The maximum Gasteiger partial charge on any atom is 0.272 e. The smallest absolute Gasteiger partial charge is 0.272 e. The normalized spacial score (nSPS) is 17.0. The number of benzene rings is 1. The monoisotopic (exact) mass is 323 g/mol. The number of nitrogens with one attached hydrogen (secondary N) is 2. The van der Waals surface area contributed by atoms with Crippen molar-refractivity contribution in [2.75, 3.05) is 13.2 Å². The van der Waals surface area contributed by atoms with E-state index in [4.69, 9.17) is 17.0 Å². The van der Waals surface area contributed by atoms with Crippen LogP contribution in [-0.2, 0) is 4.74 Å². The third kappa shape index (κ3) is 4.22. The van der Waals surface area contributed by atoms with Gasteiger partial charge >= 0.3 is 0 Å². The molecule has 0 aliphatic carbocycles. The van der Waals surface area contributed by atoms with Gasteiger partial charge in [-0.15, -0.1) is 0 Å². The minimum atomic E-state index is -0.481. The number of thiocarbonyl (C=S) groups is 1. The van der Waals surface area contributed by atoms with Crippen LogP contribution in [0.5, 0.6) is 0 Å². The number of amides is 1. The second-order valence-electron chi connectivity index (χ2n) is 5.06. The van der Waals surface area contributed by atoms with Gasteiger partial charge in [0.1, 0.15) is 0 Å². The van der Waals surface area contributed by atoms with E-state index < -0.39 is 10.8 Å². The van der Waals surface area contributed by atoms with Crippen LogP contribution in [0.4, 0.5) is 5.69 Å². The van der Waals surface area contributed by atoms with Crippen LogP contribution in [-0.4, -0.2) is 35.2 Å². The van der Waals surface area contributed by atoms with E-state index in [0.29, 0.717) is 17.7 Å². The zero-order valence-electron chi connectivity index (χ0n) is 12.1. The van der Waals surface area contributed by atoms with Crippen LogP contribution in [0.25, 0.3) is 0 Å². The molecule has 118 valence electrons. The predicted octanol–water partition coefficient (Wildman–Crippen LogP) is 1.69. The van der Waals surface area contributed by atoms with Gasteiger partial charge in [0.25, 0.3) is 11.6 Å². The summed E-state index contributed by atoms with van der Waals surface area (Å²) in [5.41, 5.74) is 0.732. The van der Waals surface area contributed by atoms with Crippen LogP contribution in [0.15, 0.2) is 18.2 Å². The number of nitro benzene ring substituents is 1. The topological polar surface area (TPSA) is 93.5 Å². The van der Waals surface area contributed by atoms with Crippen LogP contribution in [0.1, 0.15) is 28.8 Å². The van der Waals surface area contributed by atoms with Crippen molar-refractivity contribution in [1.82, 2.24) is 10.6 Å². The summed E-state index contributed by atoms with van der Waals surface area (Å²) in [5.74, 6) is -0.400. The fourth-order valence-electron chi connectivity index (χ4n) is 2.23. The lowest BCUT2D eigenvalue weighted by Crippen LogP contribution is -2.42. The lowest BCUT2D eigenvalue weighted by Gasteiger charge is -2.13. The van der Waals surface area contributed by atoms with Crippen molar-refractivity contribution >= 4 is 28.9 Å². The van der Waals surface area contributed by atoms with Crippen LogP contribution in [0.3, 0.4) is 0 Å². The molecule has 1 saturated heterocycles. The molecule has 1 atom stereocenters. The van der Waals surface area contributed by atoms with E-state index in [1.807, 2.05) is 0 Å². The molecule has 0 spiro atoms. The van der Waals surface area contributed by atoms with Gasteiger partial charge in [0.05, 0.1) is 11.0 Å². The van der Waals surface area contributed by atoms with Gasteiger partial charge in [0, 0.05) is 30.3 Å². The molecule has 0 bridgehead atoms. The largest absolute Gasteiger partial charge is 0.376 e. The van der Waals surface area contributed by atoms with E-state index in [0.717, 1.165) is 19.4 Å². The summed E-state index contributed by atoms with van der Waals surface area (Å²) < 4.78 is 5.45. The lowest BCUT2D eigenvalue weighted by molar-refractivity contribution is -0.385. The summed E-state index contributed by atoms with van der Waals surface area (Å²) in [4.78, 5) is 22.3. The molecule has 1 heterocycles. The second kappa shape index (κ2) is 7.28. The van der Waals surface area contributed by atoms with Crippen LogP contribution >= 0.6 is 12.2 Å². The first-order valence-corrected chi connectivity index (χ1v) is 7.34. The quantitative estimate of drug-likeness (QED) is 0.497. The van der Waals surface area contributed by atoms with Crippen molar-refractivity contribution in [3.8, 4) is 0 Å². The summed E-state index contributed by atoms with van der Waals surface area (Å²) in [6.07, 6.45) is 2.13. The Morgan fingerprint density at radius 3 is 2.91 bits per heavy atom. The highest BCUT2D eigenvalue weighted by molar-refractivity contribution is 7.80. The van der Waals surface area contributed by atoms with Crippen LogP contribution in [0.2, 0.25) is 0 Å². The summed E-state index contributed by atoms with van der Waals surface area (Å²) >= 11 is 5.06. The molecule has 1 aliphatic rings. The van der Waals surface area contributed by atoms with Gasteiger partial charge in [-0.3, -0.25) is 20.2 Å². The molecule has 1 unspecified atom stereocenters. The number of hydrogen-bond acceptors (Lipinski definition) is 5. The van der Waals surface area contributed by atoms with Crippen molar-refractivity contribution in [2.45, 2.75) is 25.9 Å². The summed E-state index contributed by atoms with van der Waals surface area (Å²) in [6, 6.07) is 4.19. The maximum absolute atomic E-state index is 12.0. The maximum atomic E-state index is 12.0. The number of aryl methyl sites for hydroxylation is 1. The van der Waals surface area contributed by atoms with Gasteiger partial charge in [-0.05, 0) is 44.1 Å². The standard InChI is InChI=1S/C14H17N3O4S/c1-9-7-10(4-5-12(9)17(19)20)13(18)16-14(22)15-8-11-3-2-6-21-11/h4-5,7,11H,2-3,6,8H2,1H3,(H2,15,16,18,22). The Morgan fingerprint density at radius 1 is 1.55 bits per heavy atom. The molecule has 8 heteroatoms. The average Bonchev–Trinajstić information content (AvgIpc) is 2.97. The third-order valence-electron chi connectivity index (χ3n) is 3.40. The molecule has 22 heavy (non-hydrogen) atoms. The molecule has 0 aromatic heterocycles. The molecule has 2 rings (SSSR count). The number of nitro groups is 1. The third-order valence-corrected chi connectivity index (χ3v) is 3.64. The Balaban J connectivity index is 1.89. The average molecular weight is 323 g/mol. The molecular formula is C14H17N3O4S. The Labute approximate surface area is 133 Å². The number of hydrogen-bond donors (Lipinski definition) is 2. The van der Waals surface area contributed by atoms with Crippen LogP contribution in [0, 0.1) is 17.0 Å². The molecule has 1 amide bonds. The Bertz CT molecular complexity index is 600. The van der Waals surface area contributed by atoms with Crippen molar-refractivity contribution in [1.29, 1.82) is 0 Å². The predicted molar refractivity (Wildman–Crippen MR) is 84.9 cm³/mol. The molecule has 0 radical (unpaired) electrons. The molecule has 2 N–H and O–H groups in total. The van der Waals surface area contributed by atoms with Gasteiger partial charge in [0.15, 0.2) is 5.11 Å². The number of carbonyl (C=O) groups is 1. The fraction of sp³-hybridized carbons (Fsp3) is 0.429. The van der Waals surface area contributed by atoms with Crippen molar-refractivity contribution < 1.29 is 14.5 Å². The van der Waals surface area contributed by atoms with Crippen molar-refractivity contribution in [3.05, 3.63) is 39.4 Å². The second-order valence-corrected chi connectivity index (χ2v) is 5.47. The van der Waals surface area contributed by atoms with Gasteiger partial charge in [-0.2, -0.15) is 0 Å². The van der Waals surface area contributed by atoms with Gasteiger partial charge in [-0.25, -0.2) is 0 Å². The zero-order chi connectivity index (χ0) is 16.1. The summed E-state index contributed by atoms with van der Waals surface area (Å²) in [7, 11) is 0. The molecule has 0 saturated carbocycles. The van der Waals surface area contributed by atoms with E-state index >= 15 is 0 Å². The molecule has 7 nitrogen and oxygen atoms in total. The highest BCUT2D eigenvalue weighted by Gasteiger charge is 2.17. The van der Waals surface area contributed by atoms with Crippen molar-refractivity contribution in [3.63, 3.8) is 0 Å². The first kappa shape index (κ1) is 16.3. The minimum Gasteiger partial charge on any atom is -0.376 e. The molecular weight excluding hydrogens is 306 g/mol. The fourth-order valence-corrected chi connectivity index (χ4v) is 2.41. The van der Waals surface area contributed by atoms with E-state index in [1.165, 1.54) is 18.2 Å². The van der Waals surface area contributed by atoms with E-state index in [-0.39, 0.29) is 16.9 Å². The first-order valence-electron chi connectivity index (χ1n) is 6.93. The van der Waals surface area contributed by atoms with Crippen LogP contribution < -0.4 is 10.6 Å². The van der Waals surface area contributed by atoms with E-state index in [9.17, 15) is 14.9 Å². The first-order chi connectivity index (χ1) is 10.5. The van der Waals surface area contributed by atoms with E-state index in [2.05, 4.69) is 10.6 Å². The minimum absolute atomic E-state index is 0.0179. The van der Waals surface area contributed by atoms with Crippen molar-refractivity contribution in [2.24, 2.45) is 0 Å². The highest BCUT2D eigenvalue weighted by Crippen LogP contribution is 2.18. The van der Waals surface area contributed by atoms with Gasteiger partial charge in [-0.1, -0.05) is 0 Å². The highest BCUT2D eigenvalue weighted by atomic mass is 32.1. The zero-order valence-corrected chi connectivity index (χ0v) is 12.9. The molecule has 1 aromatic carbocycles. The Hall–Kier alpha value is -2.06. The van der Waals surface area contributed by atoms with E-state index in [1.54, 1.807) is 6.92 Å². The number of ether oxygens (including phenoxy) is 1. The molecule has 1 aliphatic heterocycles. The van der Waals surface area contributed by atoms with Gasteiger partial charge in [0.2, 0.25) is 0 Å². The number of nitrogens with zero attached hydrogens (tertiary/aromatic N) is 1.